The summed E-state index contributed by atoms with van der Waals surface area (Å²) < 4.78 is 89.1. The van der Waals surface area contributed by atoms with Gasteiger partial charge in [0.1, 0.15) is 36.8 Å². The normalized spacial score (nSPS) is 16.3. The summed E-state index contributed by atoms with van der Waals surface area (Å²) in [6.07, 6.45) is -1.24. The molecule has 0 radical (unpaired) electrons. The predicted octanol–water partition coefficient (Wildman–Crippen LogP) is 6.19. The van der Waals surface area contributed by atoms with Gasteiger partial charge in [-0.2, -0.15) is 11.8 Å². The molecule has 0 spiro atoms. The second kappa shape index (κ2) is 26.0. The highest BCUT2D eigenvalue weighted by molar-refractivity contribution is 6.30. The molecule has 2 aliphatic rings. The summed E-state index contributed by atoms with van der Waals surface area (Å²) in [6, 6.07) is 14.6. The fourth-order valence-electron chi connectivity index (χ4n) is 6.87. The Balaban J connectivity index is 0.000000254. The molecule has 2 fully saturated rings. The fourth-order valence-corrected chi connectivity index (χ4v) is 7.13. The van der Waals surface area contributed by atoms with Crippen molar-refractivity contribution in [2.45, 2.75) is 25.2 Å². The second-order valence-electron chi connectivity index (χ2n) is 14.8. The van der Waals surface area contributed by atoms with Gasteiger partial charge in [-0.25, -0.2) is 36.7 Å². The zero-order valence-electron chi connectivity index (χ0n) is 36.7. The molecular formula is C44H48Cl2F4N6O12. The Kier molecular flexibility index (Phi) is 20.2. The van der Waals surface area contributed by atoms with Crippen LogP contribution in [0.2, 0.25) is 10.0 Å². The van der Waals surface area contributed by atoms with E-state index in [1.807, 2.05) is 0 Å². The van der Waals surface area contributed by atoms with Crippen LogP contribution >= 0.6 is 23.2 Å². The van der Waals surface area contributed by atoms with Crippen molar-refractivity contribution in [3.63, 3.8) is 0 Å². The number of carbonyl (C=O) groups excluding carboxylic acids is 4. The molecule has 2 amide bonds. The van der Waals surface area contributed by atoms with Gasteiger partial charge < -0.3 is 47.9 Å². The second-order valence-corrected chi connectivity index (χ2v) is 15.7. The van der Waals surface area contributed by atoms with Crippen LogP contribution in [0.3, 0.4) is 0 Å². The highest BCUT2D eigenvalue weighted by Crippen LogP contribution is 2.32. The average Bonchev–Trinajstić information content (AvgIpc) is 3.32. The van der Waals surface area contributed by atoms with Gasteiger partial charge in [0.25, 0.3) is 0 Å². The van der Waals surface area contributed by atoms with Crippen molar-refractivity contribution in [2.24, 2.45) is 11.8 Å². The van der Waals surface area contributed by atoms with Crippen LogP contribution in [0, 0.1) is 23.3 Å². The quantitative estimate of drug-likeness (QED) is 0.0729. The molecule has 68 heavy (non-hydrogen) atoms. The van der Waals surface area contributed by atoms with E-state index in [9.17, 15) is 36.7 Å². The number of hydrogen-bond donors (Lipinski definition) is 2. The number of halogens is 6. The third-order valence-electron chi connectivity index (χ3n) is 10.3. The van der Waals surface area contributed by atoms with E-state index in [1.165, 1.54) is 72.6 Å². The Morgan fingerprint density at radius 3 is 1.21 bits per heavy atom. The maximum absolute atomic E-state index is 14.7. The summed E-state index contributed by atoms with van der Waals surface area (Å²) in [6.45, 7) is 1.33. The van der Waals surface area contributed by atoms with Crippen molar-refractivity contribution < 1.29 is 74.8 Å². The zero-order chi connectivity index (χ0) is 49.3. The number of nitrogens with two attached hydrogens (primary N) is 2. The van der Waals surface area contributed by atoms with E-state index >= 15 is 0 Å². The van der Waals surface area contributed by atoms with E-state index in [0.717, 1.165) is 24.3 Å². The Labute approximate surface area is 397 Å². The largest absolute Gasteiger partial charge is 0.451 e. The number of carbonyl (C=O) groups is 4. The number of nitrogens with zero attached hydrogens (tertiary/aromatic N) is 4. The Bertz CT molecular complexity index is 2140. The number of rotatable bonds is 16. The van der Waals surface area contributed by atoms with Crippen molar-refractivity contribution in [2.75, 3.05) is 79.9 Å². The summed E-state index contributed by atoms with van der Waals surface area (Å²) in [5.41, 5.74) is 0.508. The number of piperazine rings is 2. The Hall–Kier alpha value is -5.98. The summed E-state index contributed by atoms with van der Waals surface area (Å²) in [5, 5.41) is 0.912. The van der Waals surface area contributed by atoms with E-state index in [2.05, 4.69) is 9.68 Å². The molecule has 4 aromatic rings. The van der Waals surface area contributed by atoms with Gasteiger partial charge in [-0.1, -0.05) is 23.2 Å². The first kappa shape index (κ1) is 53.0. The van der Waals surface area contributed by atoms with Crippen LogP contribution in [0.15, 0.2) is 72.8 Å². The molecule has 0 unspecified atom stereocenters. The number of methoxy groups -OCH3 is 2. The molecule has 24 heteroatoms. The fraction of sp³-hybridized carbons (Fsp3) is 0.364. The van der Waals surface area contributed by atoms with E-state index < -0.39 is 71.0 Å². The predicted molar refractivity (Wildman–Crippen MR) is 234 cm³/mol. The van der Waals surface area contributed by atoms with Crippen molar-refractivity contribution in [3.05, 3.63) is 117 Å². The molecule has 2 heterocycles. The minimum absolute atomic E-state index is 0.00138. The average molecular weight is 1000 g/mol. The standard InChI is InChI=1S/2C22H24ClF2N3O6/c2*1-31-8-9-32-22(30)28-7-6-27(19(13-28)21(29)34-26)12-14-10-17(24)20(18(25)11-14)33-16-4-2-15(23)3-5-16/h2*2-5,10-11,19H,6-9,12-13,26H2,1H3/t2*19-/m11/s1. The minimum Gasteiger partial charge on any atom is -0.451 e. The summed E-state index contributed by atoms with van der Waals surface area (Å²) in [5.74, 6) is 4.18. The van der Waals surface area contributed by atoms with E-state index in [4.69, 9.17) is 63.4 Å². The Morgan fingerprint density at radius 1 is 0.559 bits per heavy atom. The van der Waals surface area contributed by atoms with Gasteiger partial charge in [0.05, 0.1) is 26.3 Å². The molecule has 368 valence electrons. The minimum atomic E-state index is -0.954. The third kappa shape index (κ3) is 15.0. The first-order valence-corrected chi connectivity index (χ1v) is 21.3. The maximum atomic E-state index is 14.7. The zero-order valence-corrected chi connectivity index (χ0v) is 38.2. The molecular weight excluding hydrogens is 951 g/mol. The van der Waals surface area contributed by atoms with Crippen LogP contribution in [-0.2, 0) is 51.3 Å². The molecule has 4 N–H and O–H groups in total. The van der Waals surface area contributed by atoms with E-state index in [-0.39, 0.29) is 101 Å². The van der Waals surface area contributed by atoms with Crippen molar-refractivity contribution >= 4 is 47.3 Å². The molecule has 0 saturated carbocycles. The lowest BCUT2D eigenvalue weighted by molar-refractivity contribution is -0.154. The summed E-state index contributed by atoms with van der Waals surface area (Å²) >= 11 is 11.6. The lowest BCUT2D eigenvalue weighted by Crippen LogP contribution is -2.58. The topological polar surface area (TPSA) is 207 Å². The van der Waals surface area contributed by atoms with Gasteiger partial charge in [0, 0.05) is 63.5 Å². The van der Waals surface area contributed by atoms with Crippen LogP contribution in [0.1, 0.15) is 11.1 Å². The van der Waals surface area contributed by atoms with Crippen molar-refractivity contribution in [3.8, 4) is 23.0 Å². The molecule has 2 saturated heterocycles. The van der Waals surface area contributed by atoms with Gasteiger partial charge >= 0.3 is 24.1 Å². The van der Waals surface area contributed by atoms with Crippen molar-refractivity contribution in [1.82, 2.24) is 19.6 Å². The molecule has 0 aliphatic carbocycles. The molecule has 2 aliphatic heterocycles. The molecule has 2 atom stereocenters. The van der Waals surface area contributed by atoms with E-state index in [1.54, 1.807) is 9.80 Å². The van der Waals surface area contributed by atoms with Gasteiger partial charge in [0.2, 0.25) is 0 Å². The van der Waals surface area contributed by atoms with Crippen LogP contribution in [0.25, 0.3) is 0 Å². The first-order valence-electron chi connectivity index (χ1n) is 20.6. The lowest BCUT2D eigenvalue weighted by atomic mass is 10.1. The van der Waals surface area contributed by atoms with Gasteiger partial charge in [-0.15, -0.1) is 0 Å². The van der Waals surface area contributed by atoms with Crippen LogP contribution < -0.4 is 21.3 Å². The summed E-state index contributed by atoms with van der Waals surface area (Å²) in [7, 11) is 2.95. The lowest BCUT2D eigenvalue weighted by Gasteiger charge is -2.39. The smallest absolute Gasteiger partial charge is 0.409 e. The number of ether oxygens (including phenoxy) is 6. The van der Waals surface area contributed by atoms with Gasteiger partial charge in [-0.05, 0) is 83.9 Å². The van der Waals surface area contributed by atoms with Crippen LogP contribution in [0.4, 0.5) is 27.2 Å². The highest BCUT2D eigenvalue weighted by Gasteiger charge is 2.38. The number of benzene rings is 4. The maximum Gasteiger partial charge on any atom is 0.409 e. The monoisotopic (exact) mass is 998 g/mol. The highest BCUT2D eigenvalue weighted by atomic mass is 35.5. The molecule has 18 nitrogen and oxygen atoms in total. The van der Waals surface area contributed by atoms with Gasteiger partial charge in [0.15, 0.2) is 34.8 Å². The molecule has 4 aromatic carbocycles. The SMILES string of the molecule is COCCOC(=O)N1CCN(Cc2cc(F)c(Oc3ccc(Cl)cc3)c(F)c2)[C@@H](C(=O)ON)C1.COCCOC(=O)N1CCN(Cc2cc(F)c(Oc3ccc(Cl)cc3)c(F)c2)[C@@H](C(=O)ON)C1. The molecule has 0 aromatic heterocycles. The summed E-state index contributed by atoms with van der Waals surface area (Å²) in [4.78, 5) is 63.5. The van der Waals surface area contributed by atoms with Crippen molar-refractivity contribution in [1.29, 1.82) is 0 Å². The first-order chi connectivity index (χ1) is 32.6. The Morgan fingerprint density at radius 2 is 0.897 bits per heavy atom. The number of hydrogen-bond acceptors (Lipinski definition) is 16. The van der Waals surface area contributed by atoms with Crippen LogP contribution in [0.5, 0.6) is 23.0 Å². The molecule has 0 bridgehead atoms. The molecule has 6 rings (SSSR count). The number of amides is 2. The van der Waals surface area contributed by atoms with Crippen LogP contribution in [-0.4, -0.2) is 136 Å². The van der Waals surface area contributed by atoms with E-state index in [0.29, 0.717) is 10.0 Å². The third-order valence-corrected chi connectivity index (χ3v) is 10.8. The van der Waals surface area contributed by atoms with Gasteiger partial charge in [-0.3, -0.25) is 9.80 Å².